The lowest BCUT2D eigenvalue weighted by Crippen LogP contribution is -2.35. The molecule has 0 bridgehead atoms. The van der Waals surface area contributed by atoms with Gasteiger partial charge >= 0.3 is 0 Å². The summed E-state index contributed by atoms with van der Waals surface area (Å²) in [5.74, 6) is 2.68. The van der Waals surface area contributed by atoms with Crippen LogP contribution in [-0.4, -0.2) is 35.7 Å². The van der Waals surface area contributed by atoms with Gasteiger partial charge in [0.15, 0.2) is 0 Å². The number of aryl methyl sites for hydroxylation is 1. The minimum absolute atomic E-state index is 0.460. The lowest BCUT2D eigenvalue weighted by molar-refractivity contribution is 0.340. The van der Waals surface area contributed by atoms with Gasteiger partial charge in [-0.05, 0) is 57.5 Å². The first-order chi connectivity index (χ1) is 12.7. The summed E-state index contributed by atoms with van der Waals surface area (Å²) in [4.78, 5) is 10.4. The van der Waals surface area contributed by atoms with Crippen LogP contribution in [0.1, 0.15) is 25.6 Å². The van der Waals surface area contributed by atoms with Crippen LogP contribution >= 0.6 is 11.3 Å². The molecule has 1 fully saturated rings. The molecule has 6 heteroatoms. The summed E-state index contributed by atoms with van der Waals surface area (Å²) in [6, 6.07) is 8.73. The molecule has 2 N–H and O–H groups in total. The van der Waals surface area contributed by atoms with Crippen molar-refractivity contribution in [1.82, 2.24) is 15.3 Å². The molecule has 0 spiro atoms. The second kappa shape index (κ2) is 7.60. The summed E-state index contributed by atoms with van der Waals surface area (Å²) >= 11 is 1.68. The zero-order valence-electron chi connectivity index (χ0n) is 15.2. The van der Waals surface area contributed by atoms with E-state index < -0.39 is 0 Å². The normalized spacial score (nSPS) is 15.3. The number of benzene rings is 1. The first-order valence-corrected chi connectivity index (χ1v) is 10.1. The van der Waals surface area contributed by atoms with Gasteiger partial charge in [0.2, 0.25) is 0 Å². The Morgan fingerprint density at radius 1 is 1.19 bits per heavy atom. The Hall–Kier alpha value is -2.18. The Morgan fingerprint density at radius 3 is 2.69 bits per heavy atom. The second-order valence-corrected chi connectivity index (χ2v) is 7.43. The van der Waals surface area contributed by atoms with E-state index in [0.29, 0.717) is 12.6 Å². The van der Waals surface area contributed by atoms with Crippen LogP contribution < -0.4 is 15.4 Å². The fourth-order valence-electron chi connectivity index (χ4n) is 3.42. The summed E-state index contributed by atoms with van der Waals surface area (Å²) in [6.07, 6.45) is 2.24. The van der Waals surface area contributed by atoms with Gasteiger partial charge in [-0.15, -0.1) is 11.3 Å². The van der Waals surface area contributed by atoms with Crippen LogP contribution in [0.4, 0.5) is 5.82 Å². The molecular weight excluding hydrogens is 344 g/mol. The van der Waals surface area contributed by atoms with Crippen LogP contribution in [0.5, 0.6) is 5.75 Å². The number of hydrogen-bond donors (Lipinski definition) is 2. The first-order valence-electron chi connectivity index (χ1n) is 9.21. The molecule has 0 aliphatic carbocycles. The van der Waals surface area contributed by atoms with Crippen LogP contribution in [-0.2, 0) is 0 Å². The average molecular weight is 369 g/mol. The predicted molar refractivity (Wildman–Crippen MR) is 108 cm³/mol. The molecule has 3 heterocycles. The Morgan fingerprint density at radius 2 is 1.96 bits per heavy atom. The molecule has 2 aromatic heterocycles. The summed E-state index contributed by atoms with van der Waals surface area (Å²) in [5, 5.41) is 10.4. The fraction of sp³-hybridized carbons (Fsp3) is 0.400. The maximum atomic E-state index is 5.57. The fourth-order valence-corrected chi connectivity index (χ4v) is 4.42. The van der Waals surface area contributed by atoms with Gasteiger partial charge < -0.3 is 15.4 Å². The van der Waals surface area contributed by atoms with E-state index in [4.69, 9.17) is 9.72 Å². The van der Waals surface area contributed by atoms with Crippen molar-refractivity contribution in [3.05, 3.63) is 35.5 Å². The second-order valence-electron chi connectivity index (χ2n) is 6.57. The highest BCUT2D eigenvalue weighted by Crippen LogP contribution is 2.38. The van der Waals surface area contributed by atoms with Gasteiger partial charge in [-0.25, -0.2) is 9.97 Å². The molecule has 0 atom stereocenters. The zero-order chi connectivity index (χ0) is 17.9. The molecule has 1 aromatic carbocycles. The summed E-state index contributed by atoms with van der Waals surface area (Å²) in [5.41, 5.74) is 2.35. The van der Waals surface area contributed by atoms with Gasteiger partial charge in [0.05, 0.1) is 12.0 Å². The third kappa shape index (κ3) is 3.52. The summed E-state index contributed by atoms with van der Waals surface area (Å²) < 4.78 is 5.57. The van der Waals surface area contributed by atoms with E-state index in [-0.39, 0.29) is 0 Å². The highest BCUT2D eigenvalue weighted by Gasteiger charge is 2.18. The van der Waals surface area contributed by atoms with Crippen LogP contribution in [0.3, 0.4) is 0 Å². The standard InChI is InChI=1S/C20H24N4OS/c1-3-25-16-6-4-14(5-7-16)17-12-26-20-18(17)19(22-13(2)23-20)24-15-8-10-21-11-9-15/h4-7,12,15,21H,3,8-11H2,1-2H3,(H,22,23,24). The van der Waals surface area contributed by atoms with Crippen molar-refractivity contribution in [3.8, 4) is 16.9 Å². The molecule has 1 aliphatic rings. The first kappa shape index (κ1) is 17.2. The smallest absolute Gasteiger partial charge is 0.139 e. The van der Waals surface area contributed by atoms with Gasteiger partial charge in [0.1, 0.15) is 22.2 Å². The zero-order valence-corrected chi connectivity index (χ0v) is 16.0. The number of anilines is 1. The topological polar surface area (TPSA) is 59.1 Å². The molecule has 0 unspecified atom stereocenters. The number of ether oxygens (including phenoxy) is 1. The number of hydrogen-bond acceptors (Lipinski definition) is 6. The van der Waals surface area contributed by atoms with E-state index in [0.717, 1.165) is 53.5 Å². The van der Waals surface area contributed by atoms with Gasteiger partial charge in [0.25, 0.3) is 0 Å². The quantitative estimate of drug-likeness (QED) is 0.706. The lowest BCUT2D eigenvalue weighted by atomic mass is 10.0. The number of thiophene rings is 1. The third-order valence-corrected chi connectivity index (χ3v) is 5.57. The number of aromatic nitrogens is 2. The number of fused-ring (bicyclic) bond motifs is 1. The van der Waals surface area contributed by atoms with Crippen LogP contribution in [0.15, 0.2) is 29.6 Å². The highest BCUT2D eigenvalue weighted by atomic mass is 32.1. The van der Waals surface area contributed by atoms with Crippen molar-refractivity contribution in [2.45, 2.75) is 32.7 Å². The predicted octanol–water partition coefficient (Wildman–Crippen LogP) is 4.23. The lowest BCUT2D eigenvalue weighted by Gasteiger charge is -2.24. The molecule has 1 aliphatic heterocycles. The van der Waals surface area contributed by atoms with Crippen molar-refractivity contribution in [1.29, 1.82) is 0 Å². The van der Waals surface area contributed by atoms with Crippen molar-refractivity contribution in [2.75, 3.05) is 25.0 Å². The Kier molecular flexibility index (Phi) is 5.04. The molecule has 136 valence electrons. The molecule has 5 nitrogen and oxygen atoms in total. The van der Waals surface area contributed by atoms with Crippen molar-refractivity contribution in [3.63, 3.8) is 0 Å². The molecular formula is C20H24N4OS. The maximum Gasteiger partial charge on any atom is 0.139 e. The van der Waals surface area contributed by atoms with Crippen molar-refractivity contribution >= 4 is 27.4 Å². The number of nitrogens with zero attached hydrogens (tertiary/aromatic N) is 2. The number of nitrogens with one attached hydrogen (secondary N) is 2. The Bertz CT molecular complexity index is 885. The molecule has 3 aromatic rings. The van der Waals surface area contributed by atoms with E-state index in [2.05, 4.69) is 33.1 Å². The Balaban J connectivity index is 1.73. The van der Waals surface area contributed by atoms with E-state index in [1.165, 1.54) is 11.1 Å². The average Bonchev–Trinajstić information content (AvgIpc) is 3.07. The minimum Gasteiger partial charge on any atom is -0.494 e. The third-order valence-electron chi connectivity index (χ3n) is 4.70. The van der Waals surface area contributed by atoms with E-state index in [9.17, 15) is 0 Å². The van der Waals surface area contributed by atoms with Gasteiger partial charge in [-0.2, -0.15) is 0 Å². The van der Waals surface area contributed by atoms with E-state index in [1.54, 1.807) is 11.3 Å². The minimum atomic E-state index is 0.460. The summed E-state index contributed by atoms with van der Waals surface area (Å²) in [7, 11) is 0. The van der Waals surface area contributed by atoms with Gasteiger partial charge in [0, 0.05) is 17.0 Å². The molecule has 4 rings (SSSR count). The highest BCUT2D eigenvalue weighted by molar-refractivity contribution is 7.17. The van der Waals surface area contributed by atoms with Crippen molar-refractivity contribution < 1.29 is 4.74 Å². The molecule has 0 saturated carbocycles. The summed E-state index contributed by atoms with van der Waals surface area (Å²) in [6.45, 7) is 6.75. The molecule has 0 amide bonds. The largest absolute Gasteiger partial charge is 0.494 e. The monoisotopic (exact) mass is 368 g/mol. The molecule has 0 radical (unpaired) electrons. The maximum absolute atomic E-state index is 5.57. The van der Waals surface area contributed by atoms with E-state index in [1.807, 2.05) is 26.0 Å². The van der Waals surface area contributed by atoms with Crippen molar-refractivity contribution in [2.24, 2.45) is 0 Å². The number of piperidine rings is 1. The van der Waals surface area contributed by atoms with Crippen LogP contribution in [0.2, 0.25) is 0 Å². The van der Waals surface area contributed by atoms with Crippen LogP contribution in [0.25, 0.3) is 21.3 Å². The molecule has 26 heavy (non-hydrogen) atoms. The van der Waals surface area contributed by atoms with Gasteiger partial charge in [-0.3, -0.25) is 0 Å². The molecule has 1 saturated heterocycles. The van der Waals surface area contributed by atoms with Gasteiger partial charge in [-0.1, -0.05) is 12.1 Å². The number of rotatable bonds is 5. The van der Waals surface area contributed by atoms with Crippen LogP contribution in [0, 0.1) is 6.92 Å². The Labute approximate surface area is 157 Å². The van der Waals surface area contributed by atoms with E-state index >= 15 is 0 Å². The SMILES string of the molecule is CCOc1ccc(-c2csc3nc(C)nc(NC4CCNCC4)c23)cc1.